The van der Waals surface area contributed by atoms with Crippen LogP contribution in [-0.4, -0.2) is 55.5 Å². The molecule has 2 aromatic rings. The Labute approximate surface area is 214 Å². The number of amides is 2. The van der Waals surface area contributed by atoms with Crippen LogP contribution in [0.5, 0.6) is 11.5 Å². The topological polar surface area (TPSA) is 59.1 Å². The van der Waals surface area contributed by atoms with Crippen LogP contribution in [0.2, 0.25) is 0 Å². The van der Waals surface area contributed by atoms with E-state index in [1.807, 2.05) is 40.6 Å². The standard InChI is InChI=1S/C28H40N2O4S/c1-5-7-8-9-10-13-27(31)29(17-6-2)22-28(32)30(21-24-12-11-19-35-24)18-16-23-14-15-25(33-3)26(20-23)34-4/h6,11-12,14-15,19-20H,2,5,7-10,13,16-18,21-22H2,1,3-4H3. The van der Waals surface area contributed by atoms with Crippen LogP contribution in [0.15, 0.2) is 48.4 Å². The molecule has 0 aliphatic heterocycles. The third-order valence-corrected chi connectivity index (χ3v) is 6.78. The van der Waals surface area contributed by atoms with Crippen molar-refractivity contribution in [3.8, 4) is 11.5 Å². The van der Waals surface area contributed by atoms with E-state index in [-0.39, 0.29) is 18.4 Å². The number of carbonyl (C=O) groups excluding carboxylic acids is 2. The summed E-state index contributed by atoms with van der Waals surface area (Å²) in [6, 6.07) is 9.83. The lowest BCUT2D eigenvalue weighted by atomic mass is 10.1. The highest BCUT2D eigenvalue weighted by Crippen LogP contribution is 2.28. The maximum Gasteiger partial charge on any atom is 0.242 e. The van der Waals surface area contributed by atoms with Gasteiger partial charge in [0.2, 0.25) is 11.8 Å². The number of hydrogen-bond donors (Lipinski definition) is 0. The Kier molecular flexibility index (Phi) is 13.0. The number of unbranched alkanes of at least 4 members (excludes halogenated alkanes) is 4. The summed E-state index contributed by atoms with van der Waals surface area (Å²) in [5, 5.41) is 2.01. The first-order chi connectivity index (χ1) is 17.0. The van der Waals surface area contributed by atoms with Crippen LogP contribution in [-0.2, 0) is 22.6 Å². The summed E-state index contributed by atoms with van der Waals surface area (Å²) in [4.78, 5) is 30.8. The van der Waals surface area contributed by atoms with Gasteiger partial charge < -0.3 is 19.3 Å². The van der Waals surface area contributed by atoms with E-state index < -0.39 is 0 Å². The quantitative estimate of drug-likeness (QED) is 0.206. The zero-order chi connectivity index (χ0) is 25.5. The van der Waals surface area contributed by atoms with Crippen LogP contribution >= 0.6 is 11.3 Å². The molecule has 2 amide bonds. The van der Waals surface area contributed by atoms with Crippen molar-refractivity contribution in [2.75, 3.05) is 33.9 Å². The van der Waals surface area contributed by atoms with Crippen molar-refractivity contribution in [1.29, 1.82) is 0 Å². The minimum Gasteiger partial charge on any atom is -0.493 e. The Morgan fingerprint density at radius 1 is 1.00 bits per heavy atom. The van der Waals surface area contributed by atoms with Crippen LogP contribution in [0.25, 0.3) is 0 Å². The Balaban J connectivity index is 2.05. The van der Waals surface area contributed by atoms with Gasteiger partial charge in [0.25, 0.3) is 0 Å². The van der Waals surface area contributed by atoms with Crippen LogP contribution in [0, 0.1) is 0 Å². The molecule has 192 valence electrons. The number of rotatable bonds is 17. The fraction of sp³-hybridized carbons (Fsp3) is 0.500. The molecule has 0 fully saturated rings. The second-order valence-corrected chi connectivity index (χ2v) is 9.59. The third kappa shape index (κ3) is 9.76. The SMILES string of the molecule is C=CCN(CC(=O)N(CCc1ccc(OC)c(OC)c1)Cc1cccs1)C(=O)CCCCCCC. The molecular weight excluding hydrogens is 460 g/mol. The van der Waals surface area contributed by atoms with Gasteiger partial charge in [-0.15, -0.1) is 17.9 Å². The lowest BCUT2D eigenvalue weighted by Crippen LogP contribution is -2.43. The number of ether oxygens (including phenoxy) is 2. The van der Waals surface area contributed by atoms with Gasteiger partial charge in [-0.05, 0) is 42.0 Å². The highest BCUT2D eigenvalue weighted by atomic mass is 32.1. The van der Waals surface area contributed by atoms with Gasteiger partial charge in [-0.25, -0.2) is 0 Å². The van der Waals surface area contributed by atoms with Crippen molar-refractivity contribution in [3.05, 3.63) is 58.8 Å². The van der Waals surface area contributed by atoms with E-state index in [1.54, 1.807) is 36.5 Å². The number of benzene rings is 1. The minimum absolute atomic E-state index is 0.0192. The van der Waals surface area contributed by atoms with Crippen molar-refractivity contribution < 1.29 is 19.1 Å². The summed E-state index contributed by atoms with van der Waals surface area (Å²) < 4.78 is 10.7. The van der Waals surface area contributed by atoms with Gasteiger partial charge in [-0.3, -0.25) is 9.59 Å². The summed E-state index contributed by atoms with van der Waals surface area (Å²) in [5.74, 6) is 1.31. The molecule has 0 saturated heterocycles. The maximum absolute atomic E-state index is 13.4. The Morgan fingerprint density at radius 2 is 1.77 bits per heavy atom. The van der Waals surface area contributed by atoms with Gasteiger partial charge in [-0.2, -0.15) is 0 Å². The third-order valence-electron chi connectivity index (χ3n) is 5.92. The number of carbonyl (C=O) groups is 2. The monoisotopic (exact) mass is 500 g/mol. The number of thiophene rings is 1. The molecule has 0 N–H and O–H groups in total. The molecule has 0 aliphatic carbocycles. The second-order valence-electron chi connectivity index (χ2n) is 8.56. The first kappa shape index (κ1) is 28.4. The van der Waals surface area contributed by atoms with Crippen molar-refractivity contribution in [2.24, 2.45) is 0 Å². The normalized spacial score (nSPS) is 10.6. The van der Waals surface area contributed by atoms with E-state index >= 15 is 0 Å². The van der Waals surface area contributed by atoms with Gasteiger partial charge in [0.1, 0.15) is 6.54 Å². The molecular formula is C28H40N2O4S. The predicted molar refractivity (Wildman–Crippen MR) is 143 cm³/mol. The number of nitrogens with zero attached hydrogens (tertiary/aromatic N) is 2. The summed E-state index contributed by atoms with van der Waals surface area (Å²) in [5.41, 5.74) is 1.05. The lowest BCUT2D eigenvalue weighted by Gasteiger charge is -2.27. The fourth-order valence-corrected chi connectivity index (χ4v) is 4.61. The van der Waals surface area contributed by atoms with E-state index in [2.05, 4.69) is 13.5 Å². The Morgan fingerprint density at radius 3 is 2.43 bits per heavy atom. The molecule has 0 radical (unpaired) electrons. The van der Waals surface area contributed by atoms with E-state index in [4.69, 9.17) is 9.47 Å². The van der Waals surface area contributed by atoms with E-state index in [9.17, 15) is 9.59 Å². The summed E-state index contributed by atoms with van der Waals surface area (Å²) in [7, 11) is 3.23. The summed E-state index contributed by atoms with van der Waals surface area (Å²) in [6.07, 6.45) is 8.26. The van der Waals surface area contributed by atoms with Gasteiger partial charge in [-0.1, -0.05) is 50.8 Å². The molecule has 7 heteroatoms. The molecule has 6 nitrogen and oxygen atoms in total. The molecule has 1 aromatic heterocycles. The highest BCUT2D eigenvalue weighted by Gasteiger charge is 2.21. The second kappa shape index (κ2) is 16.0. The molecule has 35 heavy (non-hydrogen) atoms. The number of methoxy groups -OCH3 is 2. The van der Waals surface area contributed by atoms with Crippen molar-refractivity contribution in [3.63, 3.8) is 0 Å². The molecule has 1 heterocycles. The summed E-state index contributed by atoms with van der Waals surface area (Å²) >= 11 is 1.63. The molecule has 0 aliphatic rings. The summed E-state index contributed by atoms with van der Waals surface area (Å²) in [6.45, 7) is 7.47. The molecule has 2 rings (SSSR count). The minimum atomic E-state index is -0.0555. The van der Waals surface area contributed by atoms with E-state index in [1.165, 1.54) is 12.8 Å². The zero-order valence-corrected chi connectivity index (χ0v) is 22.3. The molecule has 0 spiro atoms. The van der Waals surface area contributed by atoms with Gasteiger partial charge >= 0.3 is 0 Å². The Hall–Kier alpha value is -2.80. The molecule has 0 atom stereocenters. The van der Waals surface area contributed by atoms with Crippen LogP contribution in [0.4, 0.5) is 0 Å². The van der Waals surface area contributed by atoms with Gasteiger partial charge in [0, 0.05) is 24.4 Å². The van der Waals surface area contributed by atoms with Crippen LogP contribution < -0.4 is 9.47 Å². The van der Waals surface area contributed by atoms with Crippen molar-refractivity contribution in [1.82, 2.24) is 9.80 Å². The first-order valence-electron chi connectivity index (χ1n) is 12.4. The van der Waals surface area contributed by atoms with E-state index in [0.29, 0.717) is 44.0 Å². The van der Waals surface area contributed by atoms with Gasteiger partial charge in [0.05, 0.1) is 20.8 Å². The van der Waals surface area contributed by atoms with Crippen molar-refractivity contribution in [2.45, 2.75) is 58.4 Å². The largest absolute Gasteiger partial charge is 0.493 e. The molecule has 0 unspecified atom stereocenters. The smallest absolute Gasteiger partial charge is 0.242 e. The fourth-order valence-electron chi connectivity index (χ4n) is 3.89. The van der Waals surface area contributed by atoms with Crippen molar-refractivity contribution >= 4 is 23.2 Å². The first-order valence-corrected chi connectivity index (χ1v) is 13.3. The average molecular weight is 501 g/mol. The maximum atomic E-state index is 13.4. The van der Waals surface area contributed by atoms with Crippen LogP contribution in [0.3, 0.4) is 0 Å². The van der Waals surface area contributed by atoms with Gasteiger partial charge in [0.15, 0.2) is 11.5 Å². The molecule has 0 bridgehead atoms. The predicted octanol–water partition coefficient (Wildman–Crippen LogP) is 5.71. The Bertz CT molecular complexity index is 914. The van der Waals surface area contributed by atoms with Crippen LogP contribution in [0.1, 0.15) is 55.9 Å². The molecule has 0 saturated carbocycles. The number of hydrogen-bond acceptors (Lipinski definition) is 5. The average Bonchev–Trinajstić information content (AvgIpc) is 3.39. The molecule has 1 aromatic carbocycles. The van der Waals surface area contributed by atoms with E-state index in [0.717, 1.165) is 29.7 Å². The zero-order valence-electron chi connectivity index (χ0n) is 21.5. The lowest BCUT2D eigenvalue weighted by molar-refractivity contribution is -0.140. The highest BCUT2D eigenvalue weighted by molar-refractivity contribution is 7.09.